The van der Waals surface area contributed by atoms with Gasteiger partial charge in [0.25, 0.3) is 0 Å². The number of hydrogen-bond donors (Lipinski definition) is 1. The Morgan fingerprint density at radius 3 is 2.75 bits per heavy atom. The molecule has 0 unspecified atom stereocenters. The Morgan fingerprint density at radius 2 is 2.00 bits per heavy atom. The van der Waals surface area contributed by atoms with Gasteiger partial charge in [0.15, 0.2) is 0 Å². The third-order valence-corrected chi connectivity index (χ3v) is 4.95. The Morgan fingerprint density at radius 1 is 1.21 bits per heavy atom. The van der Waals surface area contributed by atoms with Crippen molar-refractivity contribution >= 4 is 5.91 Å². The van der Waals surface area contributed by atoms with E-state index in [0.717, 1.165) is 22.6 Å². The van der Waals surface area contributed by atoms with Gasteiger partial charge in [0.05, 0.1) is 25.8 Å². The average molecular weight is 376 g/mol. The lowest BCUT2D eigenvalue weighted by Gasteiger charge is -2.09. The summed E-state index contributed by atoms with van der Waals surface area (Å²) in [4.78, 5) is 16.4. The van der Waals surface area contributed by atoms with Gasteiger partial charge in [-0.3, -0.25) is 14.5 Å². The number of nitrogens with one attached hydrogen (secondary N) is 1. The molecule has 0 saturated heterocycles. The minimum Gasteiger partial charge on any atom is -0.496 e. The highest BCUT2D eigenvalue weighted by Gasteiger charge is 2.29. The first-order valence-electron chi connectivity index (χ1n) is 9.61. The molecule has 2 aromatic heterocycles. The summed E-state index contributed by atoms with van der Waals surface area (Å²) < 4.78 is 7.25. The van der Waals surface area contributed by atoms with Gasteiger partial charge in [-0.05, 0) is 36.6 Å². The zero-order valence-electron chi connectivity index (χ0n) is 16.0. The van der Waals surface area contributed by atoms with Crippen LogP contribution in [0.15, 0.2) is 55.0 Å². The number of hydrogen-bond acceptors (Lipinski definition) is 4. The number of ether oxygens (including phenoxy) is 1. The number of aromatic nitrogens is 3. The Kier molecular flexibility index (Phi) is 5.37. The van der Waals surface area contributed by atoms with E-state index >= 15 is 0 Å². The van der Waals surface area contributed by atoms with Crippen LogP contribution in [0.4, 0.5) is 0 Å². The molecule has 0 radical (unpaired) electrons. The number of nitrogens with zero attached hydrogens (tertiary/aromatic N) is 3. The van der Waals surface area contributed by atoms with Crippen molar-refractivity contribution in [3.05, 3.63) is 66.2 Å². The average Bonchev–Trinajstić information content (AvgIpc) is 3.49. The molecule has 1 aliphatic rings. The van der Waals surface area contributed by atoms with Crippen LogP contribution in [0, 0.1) is 0 Å². The third kappa shape index (κ3) is 4.22. The second-order valence-electron chi connectivity index (χ2n) is 7.04. The molecule has 4 rings (SSSR count). The molecule has 1 N–H and O–H groups in total. The molecule has 3 aromatic rings. The molecule has 0 spiro atoms. The quantitative estimate of drug-likeness (QED) is 0.656. The van der Waals surface area contributed by atoms with Gasteiger partial charge >= 0.3 is 0 Å². The summed E-state index contributed by atoms with van der Waals surface area (Å²) in [5, 5.41) is 7.76. The molecule has 6 heteroatoms. The highest BCUT2D eigenvalue weighted by molar-refractivity contribution is 5.79. The minimum absolute atomic E-state index is 0.0200. The van der Waals surface area contributed by atoms with Crippen molar-refractivity contribution in [3.63, 3.8) is 0 Å². The molecule has 2 heterocycles. The molecule has 1 aliphatic carbocycles. The lowest BCUT2D eigenvalue weighted by Crippen LogP contribution is -2.28. The van der Waals surface area contributed by atoms with Crippen molar-refractivity contribution in [3.8, 4) is 16.9 Å². The van der Waals surface area contributed by atoms with Crippen LogP contribution >= 0.6 is 0 Å². The fraction of sp³-hybridized carbons (Fsp3) is 0.318. The van der Waals surface area contributed by atoms with Crippen molar-refractivity contribution in [1.29, 1.82) is 0 Å². The van der Waals surface area contributed by atoms with Crippen LogP contribution in [-0.4, -0.2) is 34.3 Å². The molecule has 0 atom stereocenters. The topological polar surface area (TPSA) is 69.0 Å². The van der Waals surface area contributed by atoms with Crippen molar-refractivity contribution in [2.45, 2.75) is 31.7 Å². The molecule has 0 aliphatic heterocycles. The summed E-state index contributed by atoms with van der Waals surface area (Å²) in [7, 11) is 1.62. The van der Waals surface area contributed by atoms with Gasteiger partial charge < -0.3 is 10.1 Å². The zero-order valence-corrected chi connectivity index (χ0v) is 16.0. The first-order chi connectivity index (χ1) is 13.7. The molecule has 6 nitrogen and oxygen atoms in total. The van der Waals surface area contributed by atoms with Gasteiger partial charge in [0.2, 0.25) is 5.91 Å². The van der Waals surface area contributed by atoms with Gasteiger partial charge in [-0.25, -0.2) is 0 Å². The Balaban J connectivity index is 1.37. The molecule has 1 saturated carbocycles. The summed E-state index contributed by atoms with van der Waals surface area (Å²) in [5.74, 6) is 1.28. The highest BCUT2D eigenvalue weighted by atomic mass is 16.5. The van der Waals surface area contributed by atoms with Crippen LogP contribution < -0.4 is 10.1 Å². The van der Waals surface area contributed by atoms with Crippen molar-refractivity contribution < 1.29 is 9.53 Å². The third-order valence-electron chi connectivity index (χ3n) is 4.95. The number of methoxy groups -OCH3 is 1. The maximum atomic E-state index is 12.3. The van der Waals surface area contributed by atoms with Crippen LogP contribution in [0.2, 0.25) is 0 Å². The predicted molar refractivity (Wildman–Crippen MR) is 107 cm³/mol. The number of carbonyl (C=O) groups is 1. The lowest BCUT2D eigenvalue weighted by molar-refractivity contribution is -0.120. The molecule has 1 amide bonds. The maximum absolute atomic E-state index is 12.3. The fourth-order valence-corrected chi connectivity index (χ4v) is 3.36. The van der Waals surface area contributed by atoms with Crippen molar-refractivity contribution in [2.24, 2.45) is 0 Å². The second-order valence-corrected chi connectivity index (χ2v) is 7.04. The molecule has 0 bridgehead atoms. The Bertz CT molecular complexity index is 948. The normalized spacial score (nSPS) is 13.3. The van der Waals surface area contributed by atoms with Gasteiger partial charge in [0.1, 0.15) is 5.75 Å². The largest absolute Gasteiger partial charge is 0.496 e. The lowest BCUT2D eigenvalue weighted by atomic mass is 10.1. The van der Waals surface area contributed by atoms with E-state index < -0.39 is 0 Å². The standard InChI is InChI=1S/C22H24N4O2/c1-28-20-5-3-2-4-18(20)14-21(27)24-12-13-26-15-19(16-8-10-23-11-9-16)22(25-26)17-6-7-17/h2-5,8-11,15,17H,6-7,12-14H2,1H3,(H,24,27). The number of para-hydroxylation sites is 1. The Hall–Kier alpha value is -3.15. The molecule has 28 heavy (non-hydrogen) atoms. The molecular weight excluding hydrogens is 352 g/mol. The molecular formula is C22H24N4O2. The molecule has 1 fully saturated rings. The van der Waals surface area contributed by atoms with E-state index in [4.69, 9.17) is 9.84 Å². The van der Waals surface area contributed by atoms with E-state index in [9.17, 15) is 4.79 Å². The monoisotopic (exact) mass is 376 g/mol. The molecule has 144 valence electrons. The number of amides is 1. The first kappa shape index (κ1) is 18.2. The van der Waals surface area contributed by atoms with Gasteiger partial charge in [-0.2, -0.15) is 5.10 Å². The number of benzene rings is 1. The summed E-state index contributed by atoms with van der Waals surface area (Å²) in [6, 6.07) is 11.6. The number of carbonyl (C=O) groups excluding carboxylic acids is 1. The van der Waals surface area contributed by atoms with Gasteiger partial charge in [0, 0.05) is 42.2 Å². The van der Waals surface area contributed by atoms with E-state index in [2.05, 4.69) is 16.5 Å². The second kappa shape index (κ2) is 8.25. The van der Waals surface area contributed by atoms with E-state index in [-0.39, 0.29) is 5.91 Å². The summed E-state index contributed by atoms with van der Waals surface area (Å²) >= 11 is 0. The Labute approximate surface area is 164 Å². The van der Waals surface area contributed by atoms with Crippen LogP contribution in [0.3, 0.4) is 0 Å². The highest BCUT2D eigenvalue weighted by Crippen LogP contribution is 2.43. The molecule has 1 aromatic carbocycles. The zero-order chi connectivity index (χ0) is 19.3. The van der Waals surface area contributed by atoms with E-state index in [0.29, 0.717) is 25.4 Å². The maximum Gasteiger partial charge on any atom is 0.224 e. The summed E-state index contributed by atoms with van der Waals surface area (Å²) in [6.45, 7) is 1.18. The van der Waals surface area contributed by atoms with Crippen molar-refractivity contribution in [1.82, 2.24) is 20.1 Å². The fourth-order valence-electron chi connectivity index (χ4n) is 3.36. The minimum atomic E-state index is -0.0200. The van der Waals surface area contributed by atoms with E-state index in [1.54, 1.807) is 19.5 Å². The van der Waals surface area contributed by atoms with E-state index in [1.807, 2.05) is 41.1 Å². The van der Waals surface area contributed by atoms with Crippen LogP contribution in [-0.2, 0) is 17.8 Å². The van der Waals surface area contributed by atoms with E-state index in [1.165, 1.54) is 18.4 Å². The first-order valence-corrected chi connectivity index (χ1v) is 9.61. The van der Waals surface area contributed by atoms with Gasteiger partial charge in [-0.1, -0.05) is 18.2 Å². The van der Waals surface area contributed by atoms with Crippen LogP contribution in [0.1, 0.15) is 30.0 Å². The number of pyridine rings is 1. The SMILES string of the molecule is COc1ccccc1CC(=O)NCCn1cc(-c2ccncc2)c(C2CC2)n1. The summed E-state index contributed by atoms with van der Waals surface area (Å²) in [6.07, 6.45) is 8.40. The predicted octanol–water partition coefficient (Wildman–Crippen LogP) is 3.19. The van der Waals surface area contributed by atoms with Gasteiger partial charge in [-0.15, -0.1) is 0 Å². The van der Waals surface area contributed by atoms with Crippen LogP contribution in [0.5, 0.6) is 5.75 Å². The summed E-state index contributed by atoms with van der Waals surface area (Å²) in [5.41, 5.74) is 4.36. The van der Waals surface area contributed by atoms with Crippen LogP contribution in [0.25, 0.3) is 11.1 Å². The number of rotatable bonds is 8. The smallest absolute Gasteiger partial charge is 0.224 e. The van der Waals surface area contributed by atoms with Crippen molar-refractivity contribution in [2.75, 3.05) is 13.7 Å².